The molecule has 21 heavy (non-hydrogen) atoms. The van der Waals surface area contributed by atoms with Gasteiger partial charge in [-0.15, -0.1) is 6.58 Å². The smallest absolute Gasteiger partial charge is 0.285 e. The predicted molar refractivity (Wildman–Crippen MR) is 83.1 cm³/mol. The van der Waals surface area contributed by atoms with Crippen LogP contribution in [0, 0.1) is 0 Å². The third-order valence-electron chi connectivity index (χ3n) is 2.46. The van der Waals surface area contributed by atoms with Crippen molar-refractivity contribution in [2.45, 2.75) is 6.54 Å². The minimum atomic E-state index is -0.373. The molecule has 0 aromatic carbocycles. The molecule has 1 amide bonds. The quantitative estimate of drug-likeness (QED) is 0.519. The van der Waals surface area contributed by atoms with Gasteiger partial charge in [-0.05, 0) is 12.1 Å². The van der Waals surface area contributed by atoms with Gasteiger partial charge in [-0.2, -0.15) is 5.10 Å². The molecule has 0 radical (unpaired) electrons. The lowest BCUT2D eigenvalue weighted by molar-refractivity contribution is 0.0955. The zero-order chi connectivity index (χ0) is 15.2. The number of amides is 1. The molecule has 0 aliphatic carbocycles. The molecule has 0 bridgehead atoms. The number of allylic oxidation sites excluding steroid dienone is 1. The van der Waals surface area contributed by atoms with Gasteiger partial charge in [-0.25, -0.2) is 5.43 Å². The minimum absolute atomic E-state index is 0.207. The topological polar surface area (TPSA) is 76.3 Å². The molecule has 8 heteroatoms. The van der Waals surface area contributed by atoms with Crippen LogP contribution in [0.5, 0.6) is 0 Å². The van der Waals surface area contributed by atoms with E-state index in [1.165, 1.54) is 23.2 Å². The van der Waals surface area contributed by atoms with Crippen LogP contribution < -0.4 is 10.3 Å². The number of halogens is 1. The van der Waals surface area contributed by atoms with Crippen molar-refractivity contribution in [3.05, 3.63) is 62.4 Å². The monoisotopic (exact) mass is 322 g/mol. The molecule has 2 aromatic rings. The second-order valence-electron chi connectivity index (χ2n) is 3.86. The van der Waals surface area contributed by atoms with E-state index in [4.69, 9.17) is 11.6 Å². The Bertz CT molecular complexity index is 736. The lowest BCUT2D eigenvalue weighted by Crippen LogP contribution is -2.17. The molecule has 2 rings (SSSR count). The van der Waals surface area contributed by atoms with Gasteiger partial charge in [0, 0.05) is 24.5 Å². The van der Waals surface area contributed by atoms with Gasteiger partial charge in [-0.3, -0.25) is 19.1 Å². The second kappa shape index (κ2) is 6.96. The Balaban J connectivity index is 2.09. The lowest BCUT2D eigenvalue weighted by atomic mass is 10.3. The molecule has 108 valence electrons. The third kappa shape index (κ3) is 3.65. The molecule has 0 aliphatic heterocycles. The summed E-state index contributed by atoms with van der Waals surface area (Å²) in [4.78, 5) is 27.5. The first-order valence-electron chi connectivity index (χ1n) is 5.87. The number of carbonyl (C=O) groups excluding carboxylic acids is 1. The molecule has 1 N–H and O–H groups in total. The van der Waals surface area contributed by atoms with Gasteiger partial charge in [0.1, 0.15) is 5.15 Å². The number of hydrogen-bond acceptors (Lipinski definition) is 5. The van der Waals surface area contributed by atoms with E-state index in [1.807, 2.05) is 0 Å². The first kappa shape index (κ1) is 15.1. The van der Waals surface area contributed by atoms with Gasteiger partial charge in [-0.1, -0.05) is 29.0 Å². The van der Waals surface area contributed by atoms with E-state index in [-0.39, 0.29) is 15.9 Å². The molecule has 6 nitrogen and oxygen atoms in total. The van der Waals surface area contributed by atoms with E-state index in [0.717, 1.165) is 11.3 Å². The van der Waals surface area contributed by atoms with E-state index in [2.05, 4.69) is 22.1 Å². The summed E-state index contributed by atoms with van der Waals surface area (Å²) in [7, 11) is 0. The number of nitrogens with one attached hydrogen (secondary N) is 1. The molecule has 2 aromatic heterocycles. The molecular formula is C13H11ClN4O2S. The number of nitrogens with zero attached hydrogens (tertiary/aromatic N) is 3. The zero-order valence-electron chi connectivity index (χ0n) is 10.8. The minimum Gasteiger partial charge on any atom is -0.285 e. The van der Waals surface area contributed by atoms with Gasteiger partial charge in [0.15, 0.2) is 0 Å². The number of pyridine rings is 1. The van der Waals surface area contributed by atoms with E-state index in [9.17, 15) is 9.59 Å². The Morgan fingerprint density at radius 3 is 2.90 bits per heavy atom. The summed E-state index contributed by atoms with van der Waals surface area (Å²) in [6.45, 7) is 3.88. The van der Waals surface area contributed by atoms with Gasteiger partial charge < -0.3 is 0 Å². The molecule has 0 fully saturated rings. The fourth-order valence-corrected chi connectivity index (χ4v) is 2.61. The van der Waals surface area contributed by atoms with Crippen LogP contribution in [-0.4, -0.2) is 21.7 Å². The number of rotatable bonds is 5. The molecule has 2 heterocycles. The number of thiazole rings is 1. The average molecular weight is 323 g/mol. The highest BCUT2D eigenvalue weighted by molar-refractivity contribution is 7.11. The summed E-state index contributed by atoms with van der Waals surface area (Å²) in [5.74, 6) is -0.373. The number of carbonyl (C=O) groups is 1. The van der Waals surface area contributed by atoms with Crippen molar-refractivity contribution in [1.82, 2.24) is 15.0 Å². The van der Waals surface area contributed by atoms with Crippen LogP contribution in [0.15, 0.2) is 47.1 Å². The van der Waals surface area contributed by atoms with Gasteiger partial charge in [0.2, 0.25) is 0 Å². The second-order valence-corrected chi connectivity index (χ2v) is 5.21. The summed E-state index contributed by atoms with van der Waals surface area (Å²) >= 11 is 7.00. The number of aromatic nitrogens is 2. The molecule has 0 unspecified atom stereocenters. The third-order valence-corrected chi connectivity index (χ3v) is 3.89. The van der Waals surface area contributed by atoms with Crippen molar-refractivity contribution in [3.63, 3.8) is 0 Å². The van der Waals surface area contributed by atoms with Crippen LogP contribution >= 0.6 is 22.9 Å². The summed E-state index contributed by atoms with van der Waals surface area (Å²) in [6.07, 6.45) is 5.94. The molecular weight excluding hydrogens is 312 g/mol. The van der Waals surface area contributed by atoms with E-state index in [0.29, 0.717) is 17.0 Å². The van der Waals surface area contributed by atoms with E-state index >= 15 is 0 Å². The predicted octanol–water partition coefficient (Wildman–Crippen LogP) is 1.91. The standard InChI is InChI=1S/C13H11ClN4O2S/c1-2-7-18-11(14)10(21-13(18)20)8-16-17-12(19)9-3-5-15-6-4-9/h2-6,8H,1,7H2,(H,17,19)/b16-8-. The fourth-order valence-electron chi connectivity index (χ4n) is 1.49. The molecule has 0 atom stereocenters. The normalized spacial score (nSPS) is 10.7. The largest absolute Gasteiger partial charge is 0.309 e. The first-order valence-corrected chi connectivity index (χ1v) is 7.06. The average Bonchev–Trinajstić information content (AvgIpc) is 2.76. The van der Waals surface area contributed by atoms with Crippen LogP contribution in [-0.2, 0) is 6.54 Å². The molecule has 0 spiro atoms. The number of hydrogen-bond donors (Lipinski definition) is 1. The van der Waals surface area contributed by atoms with Crippen molar-refractivity contribution in [3.8, 4) is 0 Å². The number of hydrazone groups is 1. The van der Waals surface area contributed by atoms with Crippen molar-refractivity contribution < 1.29 is 4.79 Å². The summed E-state index contributed by atoms with van der Waals surface area (Å²) < 4.78 is 1.37. The highest BCUT2D eigenvalue weighted by atomic mass is 35.5. The highest BCUT2D eigenvalue weighted by Crippen LogP contribution is 2.16. The summed E-state index contributed by atoms with van der Waals surface area (Å²) in [6, 6.07) is 3.13. The Labute approximate surface area is 129 Å². The van der Waals surface area contributed by atoms with Crippen LogP contribution in [0.4, 0.5) is 0 Å². The fraction of sp³-hybridized carbons (Fsp3) is 0.0769. The summed E-state index contributed by atoms with van der Waals surface area (Å²) in [5, 5.41) is 4.07. The Morgan fingerprint density at radius 2 is 2.24 bits per heavy atom. The van der Waals surface area contributed by atoms with Crippen molar-refractivity contribution in [2.75, 3.05) is 0 Å². The van der Waals surface area contributed by atoms with Crippen LogP contribution in [0.3, 0.4) is 0 Å². The van der Waals surface area contributed by atoms with Gasteiger partial charge in [0.05, 0.1) is 11.1 Å². The van der Waals surface area contributed by atoms with Crippen LogP contribution in [0.2, 0.25) is 5.15 Å². The summed E-state index contributed by atoms with van der Waals surface area (Å²) in [5.41, 5.74) is 2.79. The van der Waals surface area contributed by atoms with Crippen LogP contribution in [0.25, 0.3) is 0 Å². The maximum absolute atomic E-state index is 11.7. The van der Waals surface area contributed by atoms with E-state index < -0.39 is 0 Å². The van der Waals surface area contributed by atoms with E-state index in [1.54, 1.807) is 18.2 Å². The maximum Gasteiger partial charge on any atom is 0.309 e. The lowest BCUT2D eigenvalue weighted by Gasteiger charge is -1.98. The van der Waals surface area contributed by atoms with Gasteiger partial charge >= 0.3 is 4.87 Å². The Morgan fingerprint density at radius 1 is 1.52 bits per heavy atom. The van der Waals surface area contributed by atoms with Crippen molar-refractivity contribution >= 4 is 35.1 Å². The Hall–Kier alpha value is -2.25. The van der Waals surface area contributed by atoms with Crippen molar-refractivity contribution in [2.24, 2.45) is 5.10 Å². The first-order chi connectivity index (χ1) is 10.1. The van der Waals surface area contributed by atoms with Crippen LogP contribution in [0.1, 0.15) is 15.2 Å². The SMILES string of the molecule is C=CCn1c(Cl)c(/C=N\NC(=O)c2ccncc2)sc1=O. The Kier molecular flexibility index (Phi) is 5.02. The van der Waals surface area contributed by atoms with Crippen molar-refractivity contribution in [1.29, 1.82) is 0 Å². The molecule has 0 saturated carbocycles. The molecule has 0 aliphatic rings. The van der Waals surface area contributed by atoms with Gasteiger partial charge in [0.25, 0.3) is 5.91 Å². The maximum atomic E-state index is 11.7. The zero-order valence-corrected chi connectivity index (χ0v) is 12.4. The molecule has 0 saturated heterocycles. The highest BCUT2D eigenvalue weighted by Gasteiger charge is 2.10.